The van der Waals surface area contributed by atoms with Crippen LogP contribution in [0.15, 0.2) is 49.6 Å². The quantitative estimate of drug-likeness (QED) is 0.00502. The fraction of sp³-hybridized carbons (Fsp3) is 0.721. The predicted molar refractivity (Wildman–Crippen MR) is 323 cm³/mol. The Hall–Kier alpha value is -5.30. The molecule has 0 fully saturated rings. The van der Waals surface area contributed by atoms with Crippen LogP contribution < -0.4 is 34.8 Å². The molecule has 6 N–H and O–H groups in total. The van der Waals surface area contributed by atoms with Crippen LogP contribution in [0, 0.1) is 0 Å². The molecule has 22 nitrogen and oxygen atoms in total. The number of ketones is 1. The van der Waals surface area contributed by atoms with Crippen LogP contribution in [0.1, 0.15) is 201 Å². The molecule has 0 aromatic heterocycles. The zero-order valence-corrected chi connectivity index (χ0v) is 52.5. The van der Waals surface area contributed by atoms with E-state index in [1.807, 2.05) is 12.2 Å². The minimum atomic E-state index is -0.916. The van der Waals surface area contributed by atoms with Gasteiger partial charge in [0.2, 0.25) is 5.78 Å². The number of rotatable bonds is 49. The first-order chi connectivity index (χ1) is 39.7. The minimum absolute atomic E-state index is 0. The summed E-state index contributed by atoms with van der Waals surface area (Å²) in [4.78, 5) is 89.1. The first-order valence-electron chi connectivity index (χ1n) is 29.7. The number of Topliss-reactive ketones (excluding diaryl/α,β-unsaturated/α-hetero) is 1. The van der Waals surface area contributed by atoms with E-state index in [1.54, 1.807) is 20.8 Å². The summed E-state index contributed by atoms with van der Waals surface area (Å²) in [5, 5.41) is 23.9. The van der Waals surface area contributed by atoms with Gasteiger partial charge in [0.15, 0.2) is 0 Å². The number of nitrogens with one attached hydrogen (secondary N) is 3. The Labute approximate surface area is 515 Å². The Balaban J connectivity index is -0.000000190. The molecule has 84 heavy (non-hydrogen) atoms. The molecule has 0 atom stereocenters. The van der Waals surface area contributed by atoms with Crippen molar-refractivity contribution in [2.75, 3.05) is 86.7 Å². The average Bonchev–Trinajstić information content (AvgIpc) is 3.46. The number of likely N-dealkylation sites (N-methyl/N-ethyl adjacent to an activating group) is 2. The number of hydrogen-bond acceptors (Lipinski definition) is 16. The van der Waals surface area contributed by atoms with E-state index in [-0.39, 0.29) is 61.9 Å². The molecule has 0 saturated heterocycles. The molecule has 0 aliphatic heterocycles. The molecule has 0 heterocycles. The maximum absolute atomic E-state index is 11.3. The first-order valence-corrected chi connectivity index (χ1v) is 29.7. The zero-order valence-electron chi connectivity index (χ0n) is 52.5. The minimum Gasteiger partial charge on any atom is -0.870 e. The van der Waals surface area contributed by atoms with Gasteiger partial charge in [-0.1, -0.05) is 94.2 Å². The van der Waals surface area contributed by atoms with Gasteiger partial charge in [-0.3, -0.25) is 19.2 Å². The van der Waals surface area contributed by atoms with Crippen LogP contribution in [-0.4, -0.2) is 161 Å². The van der Waals surface area contributed by atoms with E-state index < -0.39 is 29.7 Å². The summed E-state index contributed by atoms with van der Waals surface area (Å²) < 4.78 is 29.2. The third-order valence-electron chi connectivity index (χ3n) is 10.9. The van der Waals surface area contributed by atoms with Gasteiger partial charge >= 0.3 is 60.8 Å². The van der Waals surface area contributed by atoms with Gasteiger partial charge in [-0.05, 0) is 136 Å². The van der Waals surface area contributed by atoms with Gasteiger partial charge in [0.1, 0.15) is 19.8 Å². The largest absolute Gasteiger partial charge is 1.00 e. The number of carbonyl (C=O) groups is 8. The number of carboxylic acids is 1. The summed E-state index contributed by atoms with van der Waals surface area (Å²) in [6.07, 6.45) is 42.4. The number of allylic oxidation sites excluding steroid dienone is 6. The number of carboxylic acid groups (broad SMARTS) is 1. The maximum atomic E-state index is 11.3. The molecular formula is C61H110LiN5O17. The van der Waals surface area contributed by atoms with E-state index >= 15 is 0 Å². The average molecular weight is 1190 g/mol. The number of carbonyl (C=O) groups excluding carboxylic acids is 7. The molecular weight excluding hydrogens is 1080 g/mol. The Bertz CT molecular complexity index is 1700. The van der Waals surface area contributed by atoms with Crippen molar-refractivity contribution in [3.05, 3.63) is 55.1 Å². The number of esters is 3. The van der Waals surface area contributed by atoms with Crippen molar-refractivity contribution in [2.24, 2.45) is 0 Å². The predicted octanol–water partition coefficient (Wildman–Crippen LogP) is 6.46. The molecule has 23 heteroatoms. The normalized spacial score (nSPS) is 9.88. The van der Waals surface area contributed by atoms with E-state index in [4.69, 9.17) is 39.4 Å². The SMILES string of the molecule is C=CCCCCCO.C=CCCCCCOCC(=O)OCC.CCOC(=O)C=[N+]=[N-].CCOC(=O)COCCCCCCC/C=C\CCCCCC(=O)C(=O)NC.CNC(=O)C(=O)NCCCC/C=C\CCCCCCCOCC(=O)O.[Li+].[OH-]. The fourth-order valence-corrected chi connectivity index (χ4v) is 6.57. The summed E-state index contributed by atoms with van der Waals surface area (Å²) in [6, 6.07) is 0. The second-order valence-corrected chi connectivity index (χ2v) is 18.1. The number of aliphatic carboxylic acids is 1. The van der Waals surface area contributed by atoms with E-state index in [1.165, 1.54) is 46.2 Å². The van der Waals surface area contributed by atoms with Crippen LogP contribution in [0.5, 0.6) is 0 Å². The van der Waals surface area contributed by atoms with E-state index in [9.17, 15) is 38.4 Å². The number of aliphatic hydroxyl groups excluding tert-OH is 1. The van der Waals surface area contributed by atoms with Crippen LogP contribution in [0.3, 0.4) is 0 Å². The summed E-state index contributed by atoms with van der Waals surface area (Å²) in [5.41, 5.74) is 7.73. The fourth-order valence-electron chi connectivity index (χ4n) is 6.57. The molecule has 0 aromatic rings. The molecule has 0 bridgehead atoms. The molecule has 3 amide bonds. The van der Waals surface area contributed by atoms with Crippen LogP contribution >= 0.6 is 0 Å². The van der Waals surface area contributed by atoms with E-state index in [2.05, 4.69) is 62.9 Å². The number of unbranched alkanes of at least 4 members (excludes halogenated alkanes) is 21. The maximum Gasteiger partial charge on any atom is 1.00 e. The van der Waals surface area contributed by atoms with Crippen LogP contribution in [0.2, 0.25) is 0 Å². The molecule has 0 spiro atoms. The van der Waals surface area contributed by atoms with Crippen molar-refractivity contribution in [1.29, 1.82) is 0 Å². The third kappa shape index (κ3) is 87.9. The molecule has 482 valence electrons. The number of amides is 3. The second-order valence-electron chi connectivity index (χ2n) is 18.1. The van der Waals surface area contributed by atoms with Crippen molar-refractivity contribution in [2.45, 2.75) is 201 Å². The molecule has 0 saturated carbocycles. The number of hydrogen-bond donors (Lipinski definition) is 5. The topological polar surface area (TPSA) is 335 Å². The second kappa shape index (κ2) is 81.9. The summed E-state index contributed by atoms with van der Waals surface area (Å²) in [5.74, 6) is -4.10. The summed E-state index contributed by atoms with van der Waals surface area (Å²) in [6.45, 7) is 16.2. The van der Waals surface area contributed by atoms with Crippen molar-refractivity contribution in [1.82, 2.24) is 16.0 Å². The van der Waals surface area contributed by atoms with Gasteiger partial charge in [0.25, 0.3) is 5.91 Å². The number of ether oxygens (including phenoxy) is 6. The Kier molecular flexibility index (Phi) is 90.1. The van der Waals surface area contributed by atoms with Gasteiger partial charge in [0, 0.05) is 53.5 Å². The van der Waals surface area contributed by atoms with Crippen LogP contribution in [-0.2, 0) is 66.8 Å². The molecule has 0 aromatic carbocycles. The molecule has 0 rings (SSSR count). The number of aliphatic hydroxyl groups is 1. The van der Waals surface area contributed by atoms with Gasteiger partial charge in [-0.15, -0.1) is 13.2 Å². The summed E-state index contributed by atoms with van der Waals surface area (Å²) >= 11 is 0. The van der Waals surface area contributed by atoms with Gasteiger partial charge in [0.05, 0.1) is 19.8 Å². The van der Waals surface area contributed by atoms with Crippen LogP contribution in [0.4, 0.5) is 0 Å². The molecule has 0 unspecified atom stereocenters. The van der Waals surface area contributed by atoms with Gasteiger partial charge in [-0.2, -0.15) is 4.79 Å². The van der Waals surface area contributed by atoms with Gasteiger partial charge in [-0.25, -0.2) is 19.2 Å². The van der Waals surface area contributed by atoms with E-state index in [0.29, 0.717) is 65.4 Å². The van der Waals surface area contributed by atoms with Gasteiger partial charge < -0.3 is 65.6 Å². The molecule has 0 radical (unpaired) electrons. The standard InChI is InChI=1S/C21H37NO5.C18H32N2O5.C11H20O3.C7H14O.C4H6N2O2.Li.H2O/c1-3-27-20(24)18-26-17-15-13-11-9-7-5-4-6-8-10-12-14-16-19(23)21(25)22-2;1-19-17(23)18(24)20-13-11-9-7-5-3-2-4-6-8-10-12-14-25-15-16(21)22;1-3-5-6-7-8-9-13-10-11(12)14-4-2;1-2-3-4-5-6-7-8;1-2-8-4(7)3-6-5;;/h4,6H,3,5,7-18H2,1-2H3,(H,22,25);3,5H,2,4,6-15H2,1H3,(H,19,23)(H,20,24)(H,21,22);3H,1,4-10H2,2H3;2,8H,1,3-7H2;3H,2H2,1H3;;1H2/q;;;;;+1;/p-1/b6-4-;5-3-;;;;;. The smallest absolute Gasteiger partial charge is 0.870 e. The molecule has 0 aliphatic rings. The third-order valence-corrected chi connectivity index (χ3v) is 10.9. The van der Waals surface area contributed by atoms with Crippen molar-refractivity contribution in [3.8, 4) is 0 Å². The Morgan fingerprint density at radius 1 is 0.488 bits per heavy atom. The monoisotopic (exact) mass is 1190 g/mol. The van der Waals surface area contributed by atoms with Crippen molar-refractivity contribution < 1.29 is 106 Å². The summed E-state index contributed by atoms with van der Waals surface area (Å²) in [7, 11) is 2.91. The Morgan fingerprint density at radius 3 is 1.25 bits per heavy atom. The van der Waals surface area contributed by atoms with Crippen molar-refractivity contribution >= 4 is 53.6 Å². The molecule has 0 aliphatic carbocycles. The number of nitrogens with zero attached hydrogens (tertiary/aromatic N) is 2. The first kappa shape index (κ1) is 92.4. The Morgan fingerprint density at radius 2 is 0.857 bits per heavy atom. The van der Waals surface area contributed by atoms with Crippen molar-refractivity contribution in [3.63, 3.8) is 0 Å². The van der Waals surface area contributed by atoms with E-state index in [0.717, 1.165) is 141 Å². The zero-order chi connectivity index (χ0) is 62.2. The van der Waals surface area contributed by atoms with Crippen LogP contribution in [0.25, 0.3) is 5.53 Å².